The van der Waals surface area contributed by atoms with Crippen LogP contribution in [0.2, 0.25) is 0 Å². The fraction of sp³-hybridized carbons (Fsp3) is 0.226. The van der Waals surface area contributed by atoms with Crippen molar-refractivity contribution >= 4 is 0 Å². The lowest BCUT2D eigenvalue weighted by molar-refractivity contribution is 0.122. The van der Waals surface area contributed by atoms with E-state index in [0.717, 1.165) is 34.6 Å². The van der Waals surface area contributed by atoms with Gasteiger partial charge in [-0.2, -0.15) is 0 Å². The van der Waals surface area contributed by atoms with Gasteiger partial charge in [-0.05, 0) is 89.0 Å². The minimum absolute atomic E-state index is 0.268. The first-order chi connectivity index (χ1) is 17.0. The summed E-state index contributed by atoms with van der Waals surface area (Å²) in [4.78, 5) is 0. The first-order valence-electron chi connectivity index (χ1n) is 12.1. The molecule has 0 spiro atoms. The van der Waals surface area contributed by atoms with E-state index in [1.165, 1.54) is 27.8 Å². The quantitative estimate of drug-likeness (QED) is 0.290. The molecule has 0 aliphatic heterocycles. The Kier molecular flexibility index (Phi) is 6.58. The van der Waals surface area contributed by atoms with E-state index < -0.39 is 12.2 Å². The van der Waals surface area contributed by atoms with Crippen LogP contribution in [0.15, 0.2) is 84.9 Å². The molecule has 0 heterocycles. The van der Waals surface area contributed by atoms with Crippen LogP contribution in [0.25, 0.3) is 33.4 Å². The SMILES string of the molecule is CC(O)COc1ccc(-c2ccc3c(c2-c2ccc(OCC(C)O)cc2)Cc2ccccc2-3)cc1. The number of fused-ring (bicyclic) bond motifs is 3. The van der Waals surface area contributed by atoms with Crippen LogP contribution in [-0.2, 0) is 6.42 Å². The molecule has 0 radical (unpaired) electrons. The van der Waals surface area contributed by atoms with Crippen LogP contribution >= 0.6 is 0 Å². The summed E-state index contributed by atoms with van der Waals surface area (Å²) in [6, 6.07) is 29.2. The highest BCUT2D eigenvalue weighted by Gasteiger charge is 2.24. The molecule has 35 heavy (non-hydrogen) atoms. The van der Waals surface area contributed by atoms with Crippen molar-refractivity contribution in [2.24, 2.45) is 0 Å². The lowest BCUT2D eigenvalue weighted by Gasteiger charge is -2.17. The van der Waals surface area contributed by atoms with E-state index in [1.807, 2.05) is 24.3 Å². The summed E-state index contributed by atoms with van der Waals surface area (Å²) >= 11 is 0. The molecule has 4 nitrogen and oxygen atoms in total. The lowest BCUT2D eigenvalue weighted by Crippen LogP contribution is -2.12. The van der Waals surface area contributed by atoms with Crippen molar-refractivity contribution in [1.82, 2.24) is 0 Å². The van der Waals surface area contributed by atoms with Crippen molar-refractivity contribution in [3.05, 3.63) is 96.1 Å². The van der Waals surface area contributed by atoms with Gasteiger partial charge in [0.15, 0.2) is 0 Å². The van der Waals surface area contributed by atoms with Gasteiger partial charge in [0.2, 0.25) is 0 Å². The fourth-order valence-corrected chi connectivity index (χ4v) is 4.66. The average Bonchev–Trinajstić information content (AvgIpc) is 3.25. The zero-order valence-electron chi connectivity index (χ0n) is 20.1. The van der Waals surface area contributed by atoms with Crippen molar-refractivity contribution in [3.63, 3.8) is 0 Å². The zero-order valence-corrected chi connectivity index (χ0v) is 20.1. The van der Waals surface area contributed by atoms with Crippen LogP contribution in [-0.4, -0.2) is 35.6 Å². The van der Waals surface area contributed by atoms with Crippen molar-refractivity contribution in [2.45, 2.75) is 32.5 Å². The monoisotopic (exact) mass is 466 g/mol. The number of hydrogen-bond donors (Lipinski definition) is 2. The van der Waals surface area contributed by atoms with E-state index in [2.05, 4.69) is 60.7 Å². The number of benzene rings is 4. The van der Waals surface area contributed by atoms with Gasteiger partial charge < -0.3 is 19.7 Å². The molecule has 2 N–H and O–H groups in total. The highest BCUT2D eigenvalue weighted by Crippen LogP contribution is 2.46. The lowest BCUT2D eigenvalue weighted by atomic mass is 9.88. The van der Waals surface area contributed by atoms with Gasteiger partial charge in [0.1, 0.15) is 24.7 Å². The molecule has 178 valence electrons. The average molecular weight is 467 g/mol. The normalized spacial score (nSPS) is 13.6. The largest absolute Gasteiger partial charge is 0.491 e. The fourth-order valence-electron chi connectivity index (χ4n) is 4.66. The Balaban J connectivity index is 1.56. The smallest absolute Gasteiger partial charge is 0.119 e. The molecule has 4 aromatic carbocycles. The zero-order chi connectivity index (χ0) is 24.4. The summed E-state index contributed by atoms with van der Waals surface area (Å²) in [5, 5.41) is 19.0. The summed E-state index contributed by atoms with van der Waals surface area (Å²) in [6.07, 6.45) is -0.123. The maximum atomic E-state index is 9.53. The second-order valence-corrected chi connectivity index (χ2v) is 9.22. The van der Waals surface area contributed by atoms with Gasteiger partial charge in [-0.3, -0.25) is 0 Å². The van der Waals surface area contributed by atoms with Crippen LogP contribution in [0.3, 0.4) is 0 Å². The number of rotatable bonds is 8. The summed E-state index contributed by atoms with van der Waals surface area (Å²) in [5.41, 5.74) is 9.88. The molecular weight excluding hydrogens is 436 g/mol. The van der Waals surface area contributed by atoms with Crippen LogP contribution < -0.4 is 9.47 Å². The van der Waals surface area contributed by atoms with E-state index in [1.54, 1.807) is 13.8 Å². The van der Waals surface area contributed by atoms with E-state index in [4.69, 9.17) is 9.47 Å². The van der Waals surface area contributed by atoms with Gasteiger partial charge in [0, 0.05) is 0 Å². The van der Waals surface area contributed by atoms with E-state index >= 15 is 0 Å². The molecule has 0 amide bonds. The summed E-state index contributed by atoms with van der Waals surface area (Å²) in [5.74, 6) is 1.48. The third-order valence-corrected chi connectivity index (χ3v) is 6.28. The summed E-state index contributed by atoms with van der Waals surface area (Å²) in [6.45, 7) is 3.96. The Morgan fingerprint density at radius 3 is 1.77 bits per heavy atom. The number of ether oxygens (including phenoxy) is 2. The Labute approximate surface area is 206 Å². The third kappa shape index (κ3) is 4.95. The minimum Gasteiger partial charge on any atom is -0.491 e. The molecule has 4 aromatic rings. The Bertz CT molecular complexity index is 1310. The molecule has 2 unspecified atom stereocenters. The molecule has 0 saturated heterocycles. The number of aliphatic hydroxyl groups is 2. The molecule has 0 aromatic heterocycles. The molecule has 1 aliphatic carbocycles. The number of aliphatic hydroxyl groups excluding tert-OH is 2. The van der Waals surface area contributed by atoms with Gasteiger partial charge in [-0.25, -0.2) is 0 Å². The van der Waals surface area contributed by atoms with Crippen LogP contribution in [0.5, 0.6) is 11.5 Å². The molecule has 5 rings (SSSR count). The topological polar surface area (TPSA) is 58.9 Å². The second-order valence-electron chi connectivity index (χ2n) is 9.22. The van der Waals surface area contributed by atoms with Gasteiger partial charge in [-0.1, -0.05) is 60.7 Å². The summed E-state index contributed by atoms with van der Waals surface area (Å²) < 4.78 is 11.3. The van der Waals surface area contributed by atoms with Crippen molar-refractivity contribution in [2.75, 3.05) is 13.2 Å². The van der Waals surface area contributed by atoms with Gasteiger partial charge in [-0.15, -0.1) is 0 Å². The molecular formula is C31H30O4. The standard InChI is InChI=1S/C31H30O4/c1-20(32)18-34-25-11-7-22(8-12-25)28-15-16-29-27-6-4-3-5-24(27)17-30(29)31(28)23-9-13-26(14-10-23)35-19-21(2)33/h3-16,20-21,32-33H,17-19H2,1-2H3. The maximum absolute atomic E-state index is 9.53. The summed E-state index contributed by atoms with van der Waals surface area (Å²) in [7, 11) is 0. The first kappa shape index (κ1) is 23.2. The van der Waals surface area contributed by atoms with Crippen LogP contribution in [0.4, 0.5) is 0 Å². The van der Waals surface area contributed by atoms with E-state index in [-0.39, 0.29) is 13.2 Å². The van der Waals surface area contributed by atoms with Gasteiger partial charge in [0.25, 0.3) is 0 Å². The Morgan fingerprint density at radius 2 is 1.17 bits per heavy atom. The van der Waals surface area contributed by atoms with Gasteiger partial charge >= 0.3 is 0 Å². The molecule has 2 atom stereocenters. The van der Waals surface area contributed by atoms with Crippen LogP contribution in [0.1, 0.15) is 25.0 Å². The predicted molar refractivity (Wildman–Crippen MR) is 140 cm³/mol. The van der Waals surface area contributed by atoms with Crippen molar-refractivity contribution < 1.29 is 19.7 Å². The highest BCUT2D eigenvalue weighted by atomic mass is 16.5. The van der Waals surface area contributed by atoms with E-state index in [0.29, 0.717) is 0 Å². The van der Waals surface area contributed by atoms with Crippen molar-refractivity contribution in [1.29, 1.82) is 0 Å². The van der Waals surface area contributed by atoms with Crippen LogP contribution in [0, 0.1) is 0 Å². The Morgan fingerprint density at radius 1 is 0.629 bits per heavy atom. The molecule has 0 fully saturated rings. The Hall–Kier alpha value is -3.60. The molecule has 1 aliphatic rings. The second kappa shape index (κ2) is 9.95. The van der Waals surface area contributed by atoms with Gasteiger partial charge in [0.05, 0.1) is 12.2 Å². The third-order valence-electron chi connectivity index (χ3n) is 6.28. The molecule has 0 saturated carbocycles. The molecule has 4 heteroatoms. The highest BCUT2D eigenvalue weighted by molar-refractivity contribution is 5.93. The predicted octanol–water partition coefficient (Wildman–Crippen LogP) is 6.11. The first-order valence-corrected chi connectivity index (χ1v) is 12.1. The minimum atomic E-state index is -0.510. The maximum Gasteiger partial charge on any atom is 0.119 e. The number of hydrogen-bond acceptors (Lipinski definition) is 4. The van der Waals surface area contributed by atoms with E-state index in [9.17, 15) is 10.2 Å². The van der Waals surface area contributed by atoms with Crippen molar-refractivity contribution in [3.8, 4) is 44.9 Å². The molecule has 0 bridgehead atoms.